The van der Waals surface area contributed by atoms with Gasteiger partial charge in [-0.25, -0.2) is 4.98 Å². The van der Waals surface area contributed by atoms with Crippen LogP contribution in [0.5, 0.6) is 0 Å². The Labute approximate surface area is 128 Å². The summed E-state index contributed by atoms with van der Waals surface area (Å²) in [6.45, 7) is 1.37. The van der Waals surface area contributed by atoms with Crippen LogP contribution in [0.1, 0.15) is 39.9 Å². The number of nitrogens with two attached hydrogens (primary N) is 1. The average Bonchev–Trinajstić information content (AvgIpc) is 3.17. The predicted octanol–water partition coefficient (Wildman–Crippen LogP) is 2.62. The van der Waals surface area contributed by atoms with Crippen molar-refractivity contribution in [2.24, 2.45) is 5.73 Å². The van der Waals surface area contributed by atoms with E-state index in [1.807, 2.05) is 28.5 Å². The van der Waals surface area contributed by atoms with Gasteiger partial charge in [-0.15, -0.1) is 11.3 Å². The molecule has 1 aliphatic heterocycles. The van der Waals surface area contributed by atoms with E-state index in [4.69, 9.17) is 5.73 Å². The molecule has 0 saturated carbocycles. The Morgan fingerprint density at radius 3 is 2.95 bits per heavy atom. The molecule has 0 spiro atoms. The topological polar surface area (TPSA) is 59.2 Å². The van der Waals surface area contributed by atoms with E-state index in [0.29, 0.717) is 12.2 Å². The zero-order chi connectivity index (χ0) is 14.7. The highest BCUT2D eigenvalue weighted by molar-refractivity contribution is 7.09. The highest BCUT2D eigenvalue weighted by atomic mass is 32.1. The molecule has 1 aliphatic rings. The molecule has 5 heteroatoms. The molecule has 2 aromatic rings. The van der Waals surface area contributed by atoms with Crippen molar-refractivity contribution in [2.45, 2.75) is 25.3 Å². The molecule has 1 saturated heterocycles. The number of thiazole rings is 1. The van der Waals surface area contributed by atoms with E-state index >= 15 is 0 Å². The van der Waals surface area contributed by atoms with Gasteiger partial charge in [-0.1, -0.05) is 30.3 Å². The fourth-order valence-electron chi connectivity index (χ4n) is 2.83. The molecule has 0 radical (unpaired) electrons. The van der Waals surface area contributed by atoms with Gasteiger partial charge in [0.1, 0.15) is 5.69 Å². The molecule has 1 amide bonds. The Morgan fingerprint density at radius 1 is 1.38 bits per heavy atom. The largest absolute Gasteiger partial charge is 0.330 e. The fraction of sp³-hybridized carbons (Fsp3) is 0.375. The Bertz CT molecular complexity index is 611. The number of carbonyl (C=O) groups is 1. The molecular formula is C16H19N3OS. The number of benzene rings is 1. The summed E-state index contributed by atoms with van der Waals surface area (Å²) in [6.07, 6.45) is 2.81. The zero-order valence-corrected chi connectivity index (χ0v) is 12.7. The van der Waals surface area contributed by atoms with Gasteiger partial charge in [-0.3, -0.25) is 4.79 Å². The van der Waals surface area contributed by atoms with Gasteiger partial charge in [0, 0.05) is 18.3 Å². The van der Waals surface area contributed by atoms with Crippen molar-refractivity contribution in [3.63, 3.8) is 0 Å². The van der Waals surface area contributed by atoms with E-state index < -0.39 is 0 Å². The average molecular weight is 301 g/mol. The maximum absolute atomic E-state index is 12.7. The van der Waals surface area contributed by atoms with Crippen molar-refractivity contribution in [3.8, 4) is 0 Å². The molecule has 110 valence electrons. The first-order chi connectivity index (χ1) is 10.3. The number of rotatable bonds is 4. The van der Waals surface area contributed by atoms with E-state index in [0.717, 1.165) is 30.8 Å². The normalized spacial score (nSPS) is 18.1. The smallest absolute Gasteiger partial charge is 0.273 e. The Hall–Kier alpha value is -1.72. The Morgan fingerprint density at radius 2 is 2.19 bits per heavy atom. The van der Waals surface area contributed by atoms with Crippen LogP contribution in [0.2, 0.25) is 0 Å². The summed E-state index contributed by atoms with van der Waals surface area (Å²) in [5.41, 5.74) is 7.31. The maximum atomic E-state index is 12.7. The van der Waals surface area contributed by atoms with Crippen molar-refractivity contribution >= 4 is 17.2 Å². The van der Waals surface area contributed by atoms with Crippen molar-refractivity contribution in [1.82, 2.24) is 9.88 Å². The third kappa shape index (κ3) is 2.99. The lowest BCUT2D eigenvalue weighted by Gasteiger charge is -2.24. The first-order valence-electron chi connectivity index (χ1n) is 7.30. The van der Waals surface area contributed by atoms with Crippen molar-refractivity contribution < 1.29 is 4.79 Å². The van der Waals surface area contributed by atoms with Gasteiger partial charge in [0.05, 0.1) is 11.0 Å². The molecule has 2 N–H and O–H groups in total. The molecule has 1 aromatic heterocycles. The second-order valence-electron chi connectivity index (χ2n) is 5.23. The molecule has 1 atom stereocenters. The summed E-state index contributed by atoms with van der Waals surface area (Å²) < 4.78 is 0. The highest BCUT2D eigenvalue weighted by Gasteiger charge is 2.31. The standard InChI is InChI=1S/C16H19N3OS/c17-9-8-15-18-13(11-21-15)16(20)19-10-4-7-14(19)12-5-2-1-3-6-12/h1-3,5-6,11,14H,4,7-10,17H2. The highest BCUT2D eigenvalue weighted by Crippen LogP contribution is 2.33. The second kappa shape index (κ2) is 6.37. The summed E-state index contributed by atoms with van der Waals surface area (Å²) in [7, 11) is 0. The Kier molecular flexibility index (Phi) is 4.31. The lowest BCUT2D eigenvalue weighted by atomic mass is 10.0. The van der Waals surface area contributed by atoms with E-state index in [9.17, 15) is 4.79 Å². The van der Waals surface area contributed by atoms with Gasteiger partial charge < -0.3 is 10.6 Å². The van der Waals surface area contributed by atoms with Crippen LogP contribution in [0.25, 0.3) is 0 Å². The number of hydrogen-bond donors (Lipinski definition) is 1. The quantitative estimate of drug-likeness (QED) is 0.944. The van der Waals surface area contributed by atoms with E-state index in [2.05, 4.69) is 17.1 Å². The minimum Gasteiger partial charge on any atom is -0.330 e. The maximum Gasteiger partial charge on any atom is 0.273 e. The fourth-order valence-corrected chi connectivity index (χ4v) is 3.61. The number of amides is 1. The molecule has 21 heavy (non-hydrogen) atoms. The van der Waals surface area contributed by atoms with Crippen LogP contribution >= 0.6 is 11.3 Å². The summed E-state index contributed by atoms with van der Waals surface area (Å²) in [4.78, 5) is 19.1. The number of hydrogen-bond acceptors (Lipinski definition) is 4. The molecular weight excluding hydrogens is 282 g/mol. The molecule has 4 nitrogen and oxygen atoms in total. The molecule has 0 aliphatic carbocycles. The lowest BCUT2D eigenvalue weighted by Crippen LogP contribution is -2.30. The van der Waals surface area contributed by atoms with Gasteiger partial charge >= 0.3 is 0 Å². The number of carbonyl (C=O) groups excluding carboxylic acids is 1. The molecule has 1 fully saturated rings. The zero-order valence-electron chi connectivity index (χ0n) is 11.9. The van der Waals surface area contributed by atoms with Crippen LogP contribution in [-0.2, 0) is 6.42 Å². The Balaban J connectivity index is 1.79. The number of likely N-dealkylation sites (tertiary alicyclic amines) is 1. The summed E-state index contributed by atoms with van der Waals surface area (Å²) >= 11 is 1.52. The van der Waals surface area contributed by atoms with E-state index in [1.54, 1.807) is 0 Å². The second-order valence-corrected chi connectivity index (χ2v) is 6.18. The number of aromatic nitrogens is 1. The van der Waals surface area contributed by atoms with E-state index in [1.165, 1.54) is 16.9 Å². The van der Waals surface area contributed by atoms with Crippen LogP contribution in [0.15, 0.2) is 35.7 Å². The van der Waals surface area contributed by atoms with Crippen LogP contribution in [0.4, 0.5) is 0 Å². The summed E-state index contributed by atoms with van der Waals surface area (Å²) in [5, 5.41) is 2.80. The minimum atomic E-state index is 0.0425. The van der Waals surface area contributed by atoms with E-state index in [-0.39, 0.29) is 11.9 Å². The van der Waals surface area contributed by atoms with Crippen molar-refractivity contribution in [3.05, 3.63) is 52.0 Å². The van der Waals surface area contributed by atoms with Gasteiger partial charge in [0.25, 0.3) is 5.91 Å². The van der Waals surface area contributed by atoms with Crippen LogP contribution in [0, 0.1) is 0 Å². The SMILES string of the molecule is NCCc1nc(C(=O)N2CCCC2c2ccccc2)cs1. The predicted molar refractivity (Wildman–Crippen MR) is 84.3 cm³/mol. The third-order valence-corrected chi connectivity index (χ3v) is 4.74. The molecule has 0 bridgehead atoms. The van der Waals surface area contributed by atoms with Gasteiger partial charge in [0.15, 0.2) is 0 Å². The first kappa shape index (κ1) is 14.2. The summed E-state index contributed by atoms with van der Waals surface area (Å²) in [5.74, 6) is 0.0425. The molecule has 1 aromatic carbocycles. The number of nitrogens with zero attached hydrogens (tertiary/aromatic N) is 2. The summed E-state index contributed by atoms with van der Waals surface area (Å²) in [6, 6.07) is 10.4. The van der Waals surface area contributed by atoms with Gasteiger partial charge in [-0.05, 0) is 24.9 Å². The first-order valence-corrected chi connectivity index (χ1v) is 8.18. The van der Waals surface area contributed by atoms with Gasteiger partial charge in [0.2, 0.25) is 0 Å². The van der Waals surface area contributed by atoms with Crippen LogP contribution in [-0.4, -0.2) is 28.9 Å². The van der Waals surface area contributed by atoms with Crippen molar-refractivity contribution in [1.29, 1.82) is 0 Å². The third-order valence-electron chi connectivity index (χ3n) is 3.83. The molecule has 3 rings (SSSR count). The molecule has 1 unspecified atom stereocenters. The van der Waals surface area contributed by atoms with Crippen molar-refractivity contribution in [2.75, 3.05) is 13.1 Å². The lowest BCUT2D eigenvalue weighted by molar-refractivity contribution is 0.0730. The monoisotopic (exact) mass is 301 g/mol. The van der Waals surface area contributed by atoms with Crippen LogP contribution in [0.3, 0.4) is 0 Å². The van der Waals surface area contributed by atoms with Gasteiger partial charge in [-0.2, -0.15) is 0 Å². The van der Waals surface area contributed by atoms with Crippen LogP contribution < -0.4 is 5.73 Å². The minimum absolute atomic E-state index is 0.0425. The molecule has 2 heterocycles.